The Kier molecular flexibility index (Phi) is 2.63. The monoisotopic (exact) mass is 232 g/mol. The van der Waals surface area contributed by atoms with E-state index in [2.05, 4.69) is 4.57 Å². The van der Waals surface area contributed by atoms with Crippen LogP contribution in [-0.4, -0.2) is 11.1 Å². The Balaban J connectivity index is 2.19. The van der Waals surface area contributed by atoms with E-state index in [4.69, 9.17) is 5.73 Å². The Morgan fingerprint density at radius 3 is 3.00 bits per heavy atom. The molecule has 3 rings (SSSR count). The maximum Gasteiger partial charge on any atom is 0.123 e. The molecule has 0 spiro atoms. The molecule has 0 saturated heterocycles. The molecule has 0 atom stereocenters. The van der Waals surface area contributed by atoms with Gasteiger partial charge in [-0.25, -0.2) is 4.39 Å². The zero-order chi connectivity index (χ0) is 11.8. The number of rotatable bonds is 3. The minimum atomic E-state index is -0.136. The number of halogens is 1. The molecule has 1 aromatic carbocycles. The van der Waals surface area contributed by atoms with Crippen molar-refractivity contribution in [3.8, 4) is 0 Å². The molecule has 17 heavy (non-hydrogen) atoms. The fourth-order valence-corrected chi connectivity index (χ4v) is 2.95. The van der Waals surface area contributed by atoms with E-state index in [1.807, 2.05) is 6.07 Å². The van der Waals surface area contributed by atoms with Crippen LogP contribution in [0.3, 0.4) is 0 Å². The van der Waals surface area contributed by atoms with Crippen LogP contribution in [0.4, 0.5) is 4.39 Å². The summed E-state index contributed by atoms with van der Waals surface area (Å²) in [5, 5.41) is 1.11. The van der Waals surface area contributed by atoms with Crippen molar-refractivity contribution >= 4 is 10.9 Å². The number of aryl methyl sites for hydroxylation is 2. The van der Waals surface area contributed by atoms with Gasteiger partial charge >= 0.3 is 0 Å². The average molecular weight is 232 g/mol. The third-order valence-corrected chi connectivity index (χ3v) is 3.67. The Morgan fingerprint density at radius 2 is 2.18 bits per heavy atom. The van der Waals surface area contributed by atoms with E-state index in [-0.39, 0.29) is 5.82 Å². The van der Waals surface area contributed by atoms with Gasteiger partial charge < -0.3 is 10.3 Å². The quantitative estimate of drug-likeness (QED) is 0.866. The summed E-state index contributed by atoms with van der Waals surface area (Å²) in [7, 11) is 0. The first-order valence-electron chi connectivity index (χ1n) is 6.31. The topological polar surface area (TPSA) is 30.9 Å². The highest BCUT2D eigenvalue weighted by Crippen LogP contribution is 2.33. The molecule has 2 N–H and O–H groups in total. The van der Waals surface area contributed by atoms with Crippen LogP contribution in [0.25, 0.3) is 10.9 Å². The van der Waals surface area contributed by atoms with Gasteiger partial charge in [0.2, 0.25) is 0 Å². The molecule has 1 heterocycles. The van der Waals surface area contributed by atoms with Crippen LogP contribution in [0.1, 0.15) is 24.1 Å². The summed E-state index contributed by atoms with van der Waals surface area (Å²) in [6.07, 6.45) is 4.38. The normalized spacial score (nSPS) is 14.5. The van der Waals surface area contributed by atoms with Crippen molar-refractivity contribution in [2.24, 2.45) is 5.73 Å². The lowest BCUT2D eigenvalue weighted by atomic mass is 10.1. The van der Waals surface area contributed by atoms with Crippen molar-refractivity contribution in [2.75, 3.05) is 6.54 Å². The lowest BCUT2D eigenvalue weighted by molar-refractivity contribution is 0.627. The van der Waals surface area contributed by atoms with Crippen LogP contribution < -0.4 is 5.73 Å². The van der Waals surface area contributed by atoms with Crippen molar-refractivity contribution in [3.63, 3.8) is 0 Å². The highest BCUT2D eigenvalue weighted by Gasteiger charge is 2.21. The maximum atomic E-state index is 13.3. The molecule has 0 fully saturated rings. The van der Waals surface area contributed by atoms with Gasteiger partial charge in [-0.05, 0) is 56.0 Å². The molecule has 0 aliphatic heterocycles. The maximum absolute atomic E-state index is 13.3. The first-order chi connectivity index (χ1) is 8.31. The third kappa shape index (κ3) is 1.65. The predicted molar refractivity (Wildman–Crippen MR) is 67.6 cm³/mol. The highest BCUT2D eigenvalue weighted by molar-refractivity contribution is 5.86. The Labute approximate surface area is 100 Å². The summed E-state index contributed by atoms with van der Waals surface area (Å²) < 4.78 is 15.7. The zero-order valence-corrected chi connectivity index (χ0v) is 9.88. The molecule has 1 aliphatic carbocycles. The molecule has 1 aromatic heterocycles. The first kappa shape index (κ1) is 10.8. The molecule has 3 heteroatoms. The zero-order valence-electron chi connectivity index (χ0n) is 9.88. The van der Waals surface area contributed by atoms with Gasteiger partial charge in [0.1, 0.15) is 5.82 Å². The van der Waals surface area contributed by atoms with Gasteiger partial charge in [-0.1, -0.05) is 0 Å². The van der Waals surface area contributed by atoms with Gasteiger partial charge in [0, 0.05) is 23.1 Å². The van der Waals surface area contributed by atoms with Crippen LogP contribution >= 0.6 is 0 Å². The molecule has 0 unspecified atom stereocenters. The smallest absolute Gasteiger partial charge is 0.123 e. The van der Waals surface area contributed by atoms with Crippen LogP contribution in [0, 0.1) is 5.82 Å². The number of fused-ring (bicyclic) bond motifs is 3. The fourth-order valence-electron chi connectivity index (χ4n) is 2.95. The van der Waals surface area contributed by atoms with Crippen LogP contribution in [0.5, 0.6) is 0 Å². The molecule has 90 valence electrons. The largest absolute Gasteiger partial charge is 0.344 e. The van der Waals surface area contributed by atoms with Crippen molar-refractivity contribution in [1.82, 2.24) is 4.57 Å². The van der Waals surface area contributed by atoms with E-state index in [1.165, 1.54) is 23.2 Å². The Hall–Kier alpha value is -1.35. The van der Waals surface area contributed by atoms with Crippen molar-refractivity contribution in [1.29, 1.82) is 0 Å². The second-order valence-electron chi connectivity index (χ2n) is 4.73. The van der Waals surface area contributed by atoms with Crippen molar-refractivity contribution < 1.29 is 4.39 Å². The minimum Gasteiger partial charge on any atom is -0.344 e. The van der Waals surface area contributed by atoms with Crippen LogP contribution in [0.2, 0.25) is 0 Å². The van der Waals surface area contributed by atoms with E-state index in [1.54, 1.807) is 12.1 Å². The third-order valence-electron chi connectivity index (χ3n) is 3.67. The SMILES string of the molecule is NCCCn1c2c(c3cc(F)ccc31)CCC2. The van der Waals surface area contributed by atoms with E-state index in [0.717, 1.165) is 31.2 Å². The molecule has 2 nitrogen and oxygen atoms in total. The summed E-state index contributed by atoms with van der Waals surface area (Å²) in [5.41, 5.74) is 9.52. The molecular formula is C14H17FN2. The lowest BCUT2D eigenvalue weighted by Crippen LogP contribution is -2.07. The van der Waals surface area contributed by atoms with E-state index < -0.39 is 0 Å². The molecule has 0 bridgehead atoms. The van der Waals surface area contributed by atoms with Gasteiger partial charge in [0.25, 0.3) is 0 Å². The van der Waals surface area contributed by atoms with Gasteiger partial charge in [-0.2, -0.15) is 0 Å². The number of hydrogen-bond acceptors (Lipinski definition) is 1. The summed E-state index contributed by atoms with van der Waals surface area (Å²) in [5.74, 6) is -0.136. The molecule has 0 amide bonds. The van der Waals surface area contributed by atoms with Gasteiger partial charge in [-0.3, -0.25) is 0 Å². The standard InChI is InChI=1S/C14H17FN2/c15-10-5-6-14-12(9-10)11-3-1-4-13(11)17(14)8-2-7-16/h5-6,9H,1-4,7-8,16H2. The van der Waals surface area contributed by atoms with E-state index in [9.17, 15) is 4.39 Å². The molecule has 2 aromatic rings. The minimum absolute atomic E-state index is 0.136. The lowest BCUT2D eigenvalue weighted by Gasteiger charge is -2.08. The number of aromatic nitrogens is 1. The molecular weight excluding hydrogens is 215 g/mol. The molecule has 1 aliphatic rings. The second-order valence-corrected chi connectivity index (χ2v) is 4.73. The van der Waals surface area contributed by atoms with Crippen molar-refractivity contribution in [2.45, 2.75) is 32.2 Å². The summed E-state index contributed by atoms with van der Waals surface area (Å²) in [4.78, 5) is 0. The first-order valence-corrected chi connectivity index (χ1v) is 6.31. The Bertz CT molecular complexity index is 557. The fraction of sp³-hybridized carbons (Fsp3) is 0.429. The second kappa shape index (κ2) is 4.15. The summed E-state index contributed by atoms with van der Waals surface area (Å²) >= 11 is 0. The average Bonchev–Trinajstić information content (AvgIpc) is 2.88. The summed E-state index contributed by atoms with van der Waals surface area (Å²) in [6.45, 7) is 1.66. The van der Waals surface area contributed by atoms with E-state index in [0.29, 0.717) is 6.54 Å². The molecule has 0 radical (unpaired) electrons. The summed E-state index contributed by atoms with van der Waals surface area (Å²) in [6, 6.07) is 5.13. The predicted octanol–water partition coefficient (Wildman–Crippen LogP) is 2.62. The van der Waals surface area contributed by atoms with Gasteiger partial charge in [-0.15, -0.1) is 0 Å². The number of nitrogens with zero attached hydrogens (tertiary/aromatic N) is 1. The van der Waals surface area contributed by atoms with Crippen molar-refractivity contribution in [3.05, 3.63) is 35.3 Å². The number of hydrogen-bond donors (Lipinski definition) is 1. The molecule has 0 saturated carbocycles. The van der Waals surface area contributed by atoms with Gasteiger partial charge in [0.15, 0.2) is 0 Å². The van der Waals surface area contributed by atoms with E-state index >= 15 is 0 Å². The number of benzene rings is 1. The van der Waals surface area contributed by atoms with Crippen LogP contribution in [0.15, 0.2) is 18.2 Å². The Morgan fingerprint density at radius 1 is 1.29 bits per heavy atom. The number of nitrogens with two attached hydrogens (primary N) is 1. The van der Waals surface area contributed by atoms with Gasteiger partial charge in [0.05, 0.1) is 0 Å². The van der Waals surface area contributed by atoms with Crippen LogP contribution in [-0.2, 0) is 19.4 Å². The highest BCUT2D eigenvalue weighted by atomic mass is 19.1.